The van der Waals surface area contributed by atoms with Crippen molar-refractivity contribution in [2.75, 3.05) is 32.1 Å². The second kappa shape index (κ2) is 6.41. The second-order valence-corrected chi connectivity index (χ2v) is 11.0. The zero-order chi connectivity index (χ0) is 21.5. The van der Waals surface area contributed by atoms with Crippen LogP contribution in [0.5, 0.6) is 0 Å². The molecule has 0 aromatic heterocycles. The molecule has 0 aliphatic carbocycles. The average Bonchev–Trinajstić information content (AvgIpc) is 3.31. The van der Waals surface area contributed by atoms with Crippen molar-refractivity contribution >= 4 is 29.2 Å². The van der Waals surface area contributed by atoms with Gasteiger partial charge in [-0.2, -0.15) is 0 Å². The van der Waals surface area contributed by atoms with E-state index in [2.05, 4.69) is 40.7 Å². The lowest BCUT2D eigenvalue weighted by atomic mass is 9.90. The maximum absolute atomic E-state index is 14.3. The molecule has 0 radical (unpaired) electrons. The molecular weight excluding hydrogens is 403 g/mol. The number of anilines is 1. The normalized spacial score (nSPS) is 21.1. The van der Waals surface area contributed by atoms with Crippen LogP contribution in [0, 0.1) is 6.92 Å². The van der Waals surface area contributed by atoms with Crippen LogP contribution < -0.4 is 35.6 Å². The molecular formula is C26H25N2O2P. The van der Waals surface area contributed by atoms with Crippen molar-refractivity contribution in [3.8, 4) is 0 Å². The molecule has 0 bridgehead atoms. The monoisotopic (exact) mass is 428 g/mol. The predicted molar refractivity (Wildman–Crippen MR) is 125 cm³/mol. The largest absolute Gasteiger partial charge is 0.793 e. The van der Waals surface area contributed by atoms with Crippen LogP contribution in [0.15, 0.2) is 48.5 Å². The Bertz CT molecular complexity index is 1470. The number of nitrogens with zero attached hydrogens (tertiary/aromatic N) is 2. The highest BCUT2D eigenvalue weighted by molar-refractivity contribution is 7.72. The van der Waals surface area contributed by atoms with Crippen LogP contribution in [0.4, 0.5) is 5.69 Å². The topological polar surface area (TPSA) is 46.4 Å². The third-order valence-electron chi connectivity index (χ3n) is 7.27. The molecule has 0 saturated heterocycles. The summed E-state index contributed by atoms with van der Waals surface area (Å²) in [7, 11) is 0.0911. The van der Waals surface area contributed by atoms with Crippen LogP contribution in [0.25, 0.3) is 5.57 Å². The van der Waals surface area contributed by atoms with Gasteiger partial charge in [-0.25, -0.2) is 4.58 Å². The quantitative estimate of drug-likeness (QED) is 0.426. The molecule has 3 aromatic carbocycles. The fourth-order valence-corrected chi connectivity index (χ4v) is 8.13. The molecule has 0 amide bonds. The van der Waals surface area contributed by atoms with E-state index < -0.39 is 7.37 Å². The maximum atomic E-state index is 14.3. The van der Waals surface area contributed by atoms with Crippen LogP contribution in [-0.2, 0) is 17.4 Å². The molecule has 5 heteroatoms. The Labute approximate surface area is 182 Å². The molecule has 3 aliphatic heterocycles. The van der Waals surface area contributed by atoms with Gasteiger partial charge in [0.1, 0.15) is 13.6 Å². The van der Waals surface area contributed by atoms with Crippen LogP contribution in [0.3, 0.4) is 0 Å². The number of likely N-dealkylation sites (N-methyl/N-ethyl adjacent to an activating group) is 2. The molecule has 1 unspecified atom stereocenters. The summed E-state index contributed by atoms with van der Waals surface area (Å²) < 4.78 is 16.4. The average molecular weight is 428 g/mol. The van der Waals surface area contributed by atoms with E-state index in [-0.39, 0.29) is 0 Å². The Morgan fingerprint density at radius 2 is 1.77 bits per heavy atom. The van der Waals surface area contributed by atoms with E-state index in [0.717, 1.165) is 75.6 Å². The SMILES string of the molecule is Cc1ccccc1C1=c2ccc3c(c2P(=O)([O-])c2c1ccc1c2CCN1C)CC[N+]=3C. The first-order valence-electron chi connectivity index (χ1n) is 10.9. The lowest BCUT2D eigenvalue weighted by Gasteiger charge is -2.35. The zero-order valence-corrected chi connectivity index (χ0v) is 19.0. The van der Waals surface area contributed by atoms with Gasteiger partial charge in [0.25, 0.3) is 0 Å². The maximum Gasteiger partial charge on any atom is 0.203 e. The number of rotatable bonds is 1. The highest BCUT2D eigenvalue weighted by Crippen LogP contribution is 2.45. The molecule has 1 atom stereocenters. The van der Waals surface area contributed by atoms with Crippen molar-refractivity contribution in [2.24, 2.45) is 0 Å². The molecule has 3 heterocycles. The summed E-state index contributed by atoms with van der Waals surface area (Å²) in [5.74, 6) is 0. The Balaban J connectivity index is 1.85. The van der Waals surface area contributed by atoms with Crippen molar-refractivity contribution in [3.63, 3.8) is 0 Å². The number of fused-ring (bicyclic) bond motifs is 6. The fourth-order valence-electron chi connectivity index (χ4n) is 5.74. The molecule has 0 saturated carbocycles. The van der Waals surface area contributed by atoms with E-state index in [9.17, 15) is 9.46 Å². The predicted octanol–water partition coefficient (Wildman–Crippen LogP) is 0.814. The Kier molecular flexibility index (Phi) is 3.94. The van der Waals surface area contributed by atoms with Gasteiger partial charge in [-0.3, -0.25) is 0 Å². The van der Waals surface area contributed by atoms with Crippen LogP contribution in [0.1, 0.15) is 27.8 Å². The fraction of sp³-hybridized carbons (Fsp3) is 0.269. The van der Waals surface area contributed by atoms with Gasteiger partial charge in [0.15, 0.2) is 0 Å². The van der Waals surface area contributed by atoms with E-state index in [0.29, 0.717) is 10.6 Å². The van der Waals surface area contributed by atoms with Gasteiger partial charge in [0.2, 0.25) is 5.36 Å². The van der Waals surface area contributed by atoms with Crippen molar-refractivity contribution < 1.29 is 9.46 Å². The molecule has 0 spiro atoms. The number of hydrogen-bond donors (Lipinski definition) is 0. The molecule has 0 N–H and O–H groups in total. The third-order valence-corrected chi connectivity index (χ3v) is 9.47. The number of hydrogen-bond acceptors (Lipinski definition) is 3. The molecule has 31 heavy (non-hydrogen) atoms. The Hall–Kier alpha value is -2.68. The molecule has 6 rings (SSSR count). The molecule has 0 fully saturated rings. The minimum Gasteiger partial charge on any atom is -0.793 e. The van der Waals surface area contributed by atoms with Crippen molar-refractivity contribution in [2.45, 2.75) is 19.8 Å². The highest BCUT2D eigenvalue weighted by Gasteiger charge is 2.37. The van der Waals surface area contributed by atoms with Gasteiger partial charge in [0.05, 0.1) is 7.37 Å². The Morgan fingerprint density at radius 3 is 2.58 bits per heavy atom. The zero-order valence-electron chi connectivity index (χ0n) is 18.1. The van der Waals surface area contributed by atoms with E-state index in [1.54, 1.807) is 0 Å². The second-order valence-electron chi connectivity index (χ2n) is 9.00. The Morgan fingerprint density at radius 1 is 0.968 bits per heavy atom. The van der Waals surface area contributed by atoms with Gasteiger partial charge >= 0.3 is 0 Å². The lowest BCUT2D eigenvalue weighted by molar-refractivity contribution is -0.167. The summed E-state index contributed by atoms with van der Waals surface area (Å²) in [6.45, 7) is 3.82. The minimum absolute atomic E-state index is 0.558. The lowest BCUT2D eigenvalue weighted by Crippen LogP contribution is -2.47. The first-order valence-corrected chi connectivity index (χ1v) is 12.5. The van der Waals surface area contributed by atoms with Crippen molar-refractivity contribution in [1.82, 2.24) is 4.58 Å². The van der Waals surface area contributed by atoms with E-state index in [1.807, 2.05) is 38.4 Å². The van der Waals surface area contributed by atoms with Crippen LogP contribution in [0.2, 0.25) is 0 Å². The van der Waals surface area contributed by atoms with Gasteiger partial charge < -0.3 is 14.4 Å². The summed E-state index contributed by atoms with van der Waals surface area (Å²) in [5.41, 5.74) is 7.21. The summed E-state index contributed by atoms with van der Waals surface area (Å²) in [6, 6.07) is 16.6. The van der Waals surface area contributed by atoms with E-state index >= 15 is 0 Å². The molecule has 156 valence electrons. The van der Waals surface area contributed by atoms with Crippen LogP contribution >= 0.6 is 7.37 Å². The van der Waals surface area contributed by atoms with Gasteiger partial charge in [-0.15, -0.1) is 0 Å². The summed E-state index contributed by atoms with van der Waals surface area (Å²) in [5, 5.41) is 3.03. The first-order chi connectivity index (χ1) is 14.9. The molecule has 4 nitrogen and oxygen atoms in total. The summed E-state index contributed by atoms with van der Waals surface area (Å²) in [4.78, 5) is 16.4. The number of benzene rings is 3. The summed E-state index contributed by atoms with van der Waals surface area (Å²) >= 11 is 0. The van der Waals surface area contributed by atoms with Gasteiger partial charge in [-0.1, -0.05) is 30.3 Å². The van der Waals surface area contributed by atoms with Gasteiger partial charge in [-0.05, 0) is 58.5 Å². The minimum atomic E-state index is -4.00. The van der Waals surface area contributed by atoms with Crippen LogP contribution in [-0.4, -0.2) is 27.2 Å². The standard InChI is InChI=1S/C26H25N2O2P/c1-16-6-4-5-7-17(16)24-20-8-10-22-18(12-14-27(22)2)25(20)31(29,30)26-19-13-15-28(3)23(19)11-9-21(24)26/h4-11H,12-15H2,1-3H3. The van der Waals surface area contributed by atoms with E-state index in [4.69, 9.17) is 0 Å². The summed E-state index contributed by atoms with van der Waals surface area (Å²) in [6.07, 6.45) is 1.54. The number of aryl methyl sites for hydroxylation is 1. The van der Waals surface area contributed by atoms with E-state index in [1.165, 1.54) is 0 Å². The van der Waals surface area contributed by atoms with Crippen molar-refractivity contribution in [3.05, 3.63) is 86.9 Å². The highest BCUT2D eigenvalue weighted by atomic mass is 31.2. The molecule has 3 aromatic rings. The molecule has 3 aliphatic rings. The van der Waals surface area contributed by atoms with Gasteiger partial charge in [0, 0.05) is 47.9 Å². The third kappa shape index (κ3) is 2.46. The van der Waals surface area contributed by atoms with Crippen molar-refractivity contribution in [1.29, 1.82) is 0 Å². The first kappa shape index (κ1) is 19.0. The smallest absolute Gasteiger partial charge is 0.203 e.